The molecular formula is C17H12ClFN2O2. The lowest BCUT2D eigenvalue weighted by Crippen LogP contribution is -2.23. The molecule has 1 heterocycles. The van der Waals surface area contributed by atoms with Crippen molar-refractivity contribution in [3.8, 4) is 5.75 Å². The van der Waals surface area contributed by atoms with Gasteiger partial charge in [-0.1, -0.05) is 29.8 Å². The highest BCUT2D eigenvalue weighted by Crippen LogP contribution is 2.27. The number of aromatic nitrogens is 1. The summed E-state index contributed by atoms with van der Waals surface area (Å²) in [5, 5.41) is 13.7. The number of benzene rings is 2. The summed E-state index contributed by atoms with van der Waals surface area (Å²) < 4.78 is 13.7. The van der Waals surface area contributed by atoms with Crippen molar-refractivity contribution in [2.45, 2.75) is 6.54 Å². The molecule has 0 bridgehead atoms. The highest BCUT2D eigenvalue weighted by atomic mass is 35.5. The summed E-state index contributed by atoms with van der Waals surface area (Å²) in [5.41, 5.74) is 0.605. The molecule has 0 fully saturated rings. The van der Waals surface area contributed by atoms with Crippen LogP contribution in [0.4, 0.5) is 4.39 Å². The van der Waals surface area contributed by atoms with Crippen LogP contribution in [0, 0.1) is 5.82 Å². The number of amides is 1. The minimum atomic E-state index is -0.533. The van der Waals surface area contributed by atoms with E-state index in [2.05, 4.69) is 10.3 Å². The van der Waals surface area contributed by atoms with Crippen LogP contribution in [0.5, 0.6) is 5.75 Å². The summed E-state index contributed by atoms with van der Waals surface area (Å²) >= 11 is 5.92. The van der Waals surface area contributed by atoms with Crippen molar-refractivity contribution in [1.29, 1.82) is 0 Å². The first-order valence-corrected chi connectivity index (χ1v) is 7.23. The summed E-state index contributed by atoms with van der Waals surface area (Å²) in [6, 6.07) is 11.0. The van der Waals surface area contributed by atoms with Gasteiger partial charge in [-0.2, -0.15) is 0 Å². The largest absolute Gasteiger partial charge is 0.505 e. The molecule has 23 heavy (non-hydrogen) atoms. The number of hydrogen-bond acceptors (Lipinski definition) is 3. The van der Waals surface area contributed by atoms with Crippen LogP contribution < -0.4 is 5.32 Å². The van der Waals surface area contributed by atoms with E-state index >= 15 is 0 Å². The average Bonchev–Trinajstić information content (AvgIpc) is 2.55. The third kappa shape index (κ3) is 2.96. The molecule has 0 aliphatic rings. The third-order valence-corrected chi connectivity index (χ3v) is 3.83. The number of nitrogens with zero attached hydrogens (tertiary/aromatic N) is 1. The van der Waals surface area contributed by atoms with Gasteiger partial charge in [-0.25, -0.2) is 4.39 Å². The molecule has 3 rings (SSSR count). The van der Waals surface area contributed by atoms with Crippen LogP contribution in [0.3, 0.4) is 0 Å². The van der Waals surface area contributed by atoms with Gasteiger partial charge in [-0.15, -0.1) is 0 Å². The van der Waals surface area contributed by atoms with Crippen LogP contribution in [0.1, 0.15) is 15.9 Å². The van der Waals surface area contributed by atoms with Crippen LogP contribution in [0.25, 0.3) is 10.9 Å². The predicted octanol–water partition coefficient (Wildman–Crippen LogP) is 3.66. The Morgan fingerprint density at radius 1 is 1.22 bits per heavy atom. The zero-order valence-corrected chi connectivity index (χ0v) is 12.6. The quantitative estimate of drug-likeness (QED) is 0.770. The Balaban J connectivity index is 1.85. The van der Waals surface area contributed by atoms with Gasteiger partial charge in [-0.3, -0.25) is 9.78 Å². The average molecular weight is 331 g/mol. The number of aromatic hydroxyl groups is 1. The molecule has 2 N–H and O–H groups in total. The number of rotatable bonds is 3. The van der Waals surface area contributed by atoms with Gasteiger partial charge in [0.1, 0.15) is 11.3 Å². The molecule has 0 saturated carbocycles. The van der Waals surface area contributed by atoms with E-state index < -0.39 is 11.7 Å². The number of fused-ring (bicyclic) bond motifs is 1. The van der Waals surface area contributed by atoms with Crippen LogP contribution in [-0.4, -0.2) is 16.0 Å². The van der Waals surface area contributed by atoms with Crippen molar-refractivity contribution in [2.75, 3.05) is 0 Å². The van der Waals surface area contributed by atoms with E-state index in [1.54, 1.807) is 24.3 Å². The second kappa shape index (κ2) is 6.22. The van der Waals surface area contributed by atoms with Gasteiger partial charge in [0.25, 0.3) is 5.91 Å². The van der Waals surface area contributed by atoms with Crippen LogP contribution in [-0.2, 0) is 6.54 Å². The first kappa shape index (κ1) is 15.2. The van der Waals surface area contributed by atoms with Gasteiger partial charge in [0.15, 0.2) is 5.75 Å². The number of pyridine rings is 1. The molecule has 3 aromatic rings. The van der Waals surface area contributed by atoms with E-state index in [0.717, 1.165) is 5.39 Å². The first-order valence-electron chi connectivity index (χ1n) is 6.85. The fourth-order valence-electron chi connectivity index (χ4n) is 2.28. The Hall–Kier alpha value is -2.66. The van der Waals surface area contributed by atoms with Crippen molar-refractivity contribution < 1.29 is 14.3 Å². The van der Waals surface area contributed by atoms with Gasteiger partial charge in [-0.05, 0) is 24.3 Å². The minimum Gasteiger partial charge on any atom is -0.505 e. The van der Waals surface area contributed by atoms with Crippen LogP contribution >= 0.6 is 11.6 Å². The third-order valence-electron chi connectivity index (χ3n) is 3.48. The standard InChI is InChI=1S/C17H12ClFN2O2/c18-13-4-1-5-14(19)12(13)9-21-17(23)11-7-6-10-3-2-8-20-15(10)16(11)22/h1-8,22H,9H2,(H,21,23). The Morgan fingerprint density at radius 2 is 2.04 bits per heavy atom. The number of halogens is 2. The molecule has 1 amide bonds. The highest BCUT2D eigenvalue weighted by molar-refractivity contribution is 6.31. The van der Waals surface area contributed by atoms with Gasteiger partial charge in [0.05, 0.1) is 5.56 Å². The Kier molecular flexibility index (Phi) is 4.12. The second-order valence-corrected chi connectivity index (χ2v) is 5.33. The van der Waals surface area contributed by atoms with Crippen molar-refractivity contribution in [3.63, 3.8) is 0 Å². The maximum absolute atomic E-state index is 13.7. The van der Waals surface area contributed by atoms with E-state index in [4.69, 9.17) is 11.6 Å². The minimum absolute atomic E-state index is 0.0728. The molecule has 0 spiro atoms. The fourth-order valence-corrected chi connectivity index (χ4v) is 2.51. The lowest BCUT2D eigenvalue weighted by molar-refractivity contribution is 0.0948. The highest BCUT2D eigenvalue weighted by Gasteiger charge is 2.15. The molecule has 116 valence electrons. The number of hydrogen-bond donors (Lipinski definition) is 2. The zero-order valence-electron chi connectivity index (χ0n) is 11.9. The summed E-state index contributed by atoms with van der Waals surface area (Å²) in [4.78, 5) is 16.3. The molecule has 0 aliphatic carbocycles. The Bertz CT molecular complexity index is 879. The van der Waals surface area contributed by atoms with E-state index in [1.807, 2.05) is 0 Å². The van der Waals surface area contributed by atoms with Crippen molar-refractivity contribution in [2.24, 2.45) is 0 Å². The second-order valence-electron chi connectivity index (χ2n) is 4.92. The summed E-state index contributed by atoms with van der Waals surface area (Å²) in [7, 11) is 0. The zero-order chi connectivity index (χ0) is 16.4. The number of carbonyl (C=O) groups is 1. The van der Waals surface area contributed by atoms with Gasteiger partial charge in [0.2, 0.25) is 0 Å². The molecule has 6 heteroatoms. The summed E-state index contributed by atoms with van der Waals surface area (Å²) in [5.74, 6) is -1.24. The molecule has 1 aromatic heterocycles. The van der Waals surface area contributed by atoms with Crippen molar-refractivity contribution in [3.05, 3.63) is 70.6 Å². The molecule has 4 nitrogen and oxygen atoms in total. The SMILES string of the molecule is O=C(NCc1c(F)cccc1Cl)c1ccc2cccnc2c1O. The predicted molar refractivity (Wildman–Crippen MR) is 86.0 cm³/mol. The smallest absolute Gasteiger partial charge is 0.255 e. The monoisotopic (exact) mass is 330 g/mol. The van der Waals surface area contributed by atoms with Gasteiger partial charge < -0.3 is 10.4 Å². The lowest BCUT2D eigenvalue weighted by Gasteiger charge is -2.10. The number of phenols is 1. The van der Waals surface area contributed by atoms with E-state index in [9.17, 15) is 14.3 Å². The van der Waals surface area contributed by atoms with Crippen molar-refractivity contribution >= 4 is 28.4 Å². The van der Waals surface area contributed by atoms with Gasteiger partial charge in [0, 0.05) is 28.7 Å². The Morgan fingerprint density at radius 3 is 2.83 bits per heavy atom. The normalized spacial score (nSPS) is 10.7. The molecule has 0 atom stereocenters. The first-order chi connectivity index (χ1) is 11.1. The van der Waals surface area contributed by atoms with Crippen LogP contribution in [0.15, 0.2) is 48.7 Å². The molecular weight excluding hydrogens is 319 g/mol. The van der Waals surface area contributed by atoms with Crippen molar-refractivity contribution in [1.82, 2.24) is 10.3 Å². The summed E-state index contributed by atoms with van der Waals surface area (Å²) in [6.07, 6.45) is 1.53. The van der Waals surface area contributed by atoms with Gasteiger partial charge >= 0.3 is 0 Å². The fraction of sp³-hybridized carbons (Fsp3) is 0.0588. The molecule has 0 aliphatic heterocycles. The summed E-state index contributed by atoms with van der Waals surface area (Å²) in [6.45, 7) is -0.0793. The molecule has 0 saturated heterocycles. The topological polar surface area (TPSA) is 62.2 Å². The maximum Gasteiger partial charge on any atom is 0.255 e. The molecule has 0 radical (unpaired) electrons. The number of nitrogens with one attached hydrogen (secondary N) is 1. The number of carbonyl (C=O) groups excluding carboxylic acids is 1. The lowest BCUT2D eigenvalue weighted by atomic mass is 10.1. The van der Waals surface area contributed by atoms with Crippen LogP contribution in [0.2, 0.25) is 5.02 Å². The molecule has 0 unspecified atom stereocenters. The van der Waals surface area contributed by atoms with E-state index in [0.29, 0.717) is 5.52 Å². The van der Waals surface area contributed by atoms with E-state index in [-0.39, 0.29) is 28.4 Å². The maximum atomic E-state index is 13.7. The molecule has 2 aromatic carbocycles. The Labute approximate surface area is 136 Å². The number of phenolic OH excluding ortho intramolecular Hbond substituents is 1. The van der Waals surface area contributed by atoms with E-state index in [1.165, 1.54) is 24.4 Å².